The smallest absolute Gasteiger partial charge is 0.259 e. The number of aromatic nitrogens is 2. The molecule has 8 heteroatoms. The molecule has 0 aliphatic carbocycles. The first kappa shape index (κ1) is 17.3. The van der Waals surface area contributed by atoms with Crippen LogP contribution in [0.25, 0.3) is 5.69 Å². The summed E-state index contributed by atoms with van der Waals surface area (Å²) in [6.07, 6.45) is 1.44. The number of anilines is 2. The molecule has 0 bridgehead atoms. The Morgan fingerprint density at radius 3 is 2.40 bits per heavy atom. The van der Waals surface area contributed by atoms with Crippen LogP contribution in [0.1, 0.15) is 16.1 Å². The first-order valence-electron chi connectivity index (χ1n) is 7.23. The van der Waals surface area contributed by atoms with Gasteiger partial charge in [-0.15, -0.1) is 0 Å². The van der Waals surface area contributed by atoms with E-state index in [0.29, 0.717) is 22.6 Å². The van der Waals surface area contributed by atoms with Crippen molar-refractivity contribution >= 4 is 40.5 Å². The molecule has 1 amide bonds. The van der Waals surface area contributed by atoms with Gasteiger partial charge in [0.05, 0.1) is 38.9 Å². The van der Waals surface area contributed by atoms with Gasteiger partial charge < -0.3 is 11.1 Å². The van der Waals surface area contributed by atoms with Gasteiger partial charge >= 0.3 is 0 Å². The molecule has 0 spiro atoms. The number of halogens is 3. The highest BCUT2D eigenvalue weighted by molar-refractivity contribution is 6.39. The van der Waals surface area contributed by atoms with Gasteiger partial charge in [0.15, 0.2) is 0 Å². The lowest BCUT2D eigenvalue weighted by Crippen LogP contribution is -2.13. The molecule has 0 aliphatic rings. The molecule has 25 heavy (non-hydrogen) atoms. The molecule has 1 aromatic heterocycles. The Kier molecular flexibility index (Phi) is 4.65. The molecule has 128 valence electrons. The van der Waals surface area contributed by atoms with Crippen molar-refractivity contribution in [1.82, 2.24) is 9.78 Å². The number of hydrogen-bond acceptors (Lipinski definition) is 3. The number of benzene rings is 2. The first-order valence-corrected chi connectivity index (χ1v) is 7.99. The summed E-state index contributed by atoms with van der Waals surface area (Å²) in [7, 11) is 0. The number of carbonyl (C=O) groups is 1. The lowest BCUT2D eigenvalue weighted by atomic mass is 10.2. The minimum Gasteiger partial charge on any atom is -0.396 e. The lowest BCUT2D eigenvalue weighted by molar-refractivity contribution is 0.102. The fraction of sp³-hybridized carbons (Fsp3) is 0.0588. The van der Waals surface area contributed by atoms with Gasteiger partial charge in [-0.1, -0.05) is 23.2 Å². The zero-order chi connectivity index (χ0) is 18.1. The highest BCUT2D eigenvalue weighted by atomic mass is 35.5. The van der Waals surface area contributed by atoms with Gasteiger partial charge in [-0.2, -0.15) is 5.10 Å². The molecule has 3 rings (SSSR count). The van der Waals surface area contributed by atoms with Crippen molar-refractivity contribution in [3.8, 4) is 5.69 Å². The van der Waals surface area contributed by atoms with E-state index in [1.54, 1.807) is 23.7 Å². The largest absolute Gasteiger partial charge is 0.396 e. The fourth-order valence-corrected chi connectivity index (χ4v) is 2.82. The van der Waals surface area contributed by atoms with Crippen molar-refractivity contribution < 1.29 is 9.18 Å². The number of rotatable bonds is 3. The summed E-state index contributed by atoms with van der Waals surface area (Å²) >= 11 is 11.9. The summed E-state index contributed by atoms with van der Waals surface area (Å²) in [5.74, 6) is -0.716. The van der Waals surface area contributed by atoms with Crippen LogP contribution in [-0.4, -0.2) is 15.7 Å². The predicted molar refractivity (Wildman–Crippen MR) is 97.1 cm³/mol. The molecular weight excluding hydrogens is 366 g/mol. The van der Waals surface area contributed by atoms with E-state index < -0.39 is 0 Å². The maximum atomic E-state index is 13.0. The predicted octanol–water partition coefficient (Wildman–Crippen LogP) is 4.46. The Labute approximate surface area is 153 Å². The van der Waals surface area contributed by atoms with Crippen molar-refractivity contribution in [3.63, 3.8) is 0 Å². The fourth-order valence-electron chi connectivity index (χ4n) is 2.33. The van der Waals surface area contributed by atoms with Crippen LogP contribution >= 0.6 is 23.2 Å². The second-order valence-electron chi connectivity index (χ2n) is 5.34. The molecule has 0 saturated heterocycles. The zero-order valence-corrected chi connectivity index (χ0v) is 14.6. The Bertz CT molecular complexity index is 931. The standard InChI is InChI=1S/C17H13Cl2FN4O/c1-9-13(8-22-24(9)12-4-2-10(20)3-5-12)17(25)23-11-6-14(18)16(21)15(19)7-11/h2-8H,21H2,1H3,(H,23,25). The third-order valence-corrected chi connectivity index (χ3v) is 4.29. The van der Waals surface area contributed by atoms with Crippen LogP contribution in [0.15, 0.2) is 42.6 Å². The van der Waals surface area contributed by atoms with Crippen LogP contribution < -0.4 is 11.1 Å². The van der Waals surface area contributed by atoms with E-state index in [0.717, 1.165) is 0 Å². The van der Waals surface area contributed by atoms with Gasteiger partial charge in [-0.3, -0.25) is 4.79 Å². The van der Waals surface area contributed by atoms with Crippen LogP contribution in [0.2, 0.25) is 10.0 Å². The number of nitrogens with two attached hydrogens (primary N) is 1. The summed E-state index contributed by atoms with van der Waals surface area (Å²) in [4.78, 5) is 12.5. The summed E-state index contributed by atoms with van der Waals surface area (Å²) in [5.41, 5.74) is 7.98. The van der Waals surface area contributed by atoms with Crippen LogP contribution in [0, 0.1) is 12.7 Å². The highest BCUT2D eigenvalue weighted by Gasteiger charge is 2.16. The summed E-state index contributed by atoms with van der Waals surface area (Å²) in [5, 5.41) is 7.40. The summed E-state index contributed by atoms with van der Waals surface area (Å²) in [6.45, 7) is 1.74. The molecule has 3 N–H and O–H groups in total. The number of nitrogens with one attached hydrogen (secondary N) is 1. The van der Waals surface area contributed by atoms with Crippen molar-refractivity contribution in [3.05, 3.63) is 69.7 Å². The number of hydrogen-bond donors (Lipinski definition) is 2. The minimum atomic E-state index is -0.372. The number of nitrogens with zero attached hydrogens (tertiary/aromatic N) is 2. The van der Waals surface area contributed by atoms with Crippen LogP contribution in [0.5, 0.6) is 0 Å². The molecule has 0 radical (unpaired) electrons. The van der Waals surface area contributed by atoms with E-state index in [1.165, 1.54) is 30.5 Å². The van der Waals surface area contributed by atoms with Gasteiger partial charge in [0, 0.05) is 5.69 Å². The average molecular weight is 379 g/mol. The Morgan fingerprint density at radius 1 is 1.20 bits per heavy atom. The Hall–Kier alpha value is -2.57. The second kappa shape index (κ2) is 6.74. The van der Waals surface area contributed by atoms with Gasteiger partial charge in [0.25, 0.3) is 5.91 Å². The quantitative estimate of drug-likeness (QED) is 0.660. The minimum absolute atomic E-state index is 0.251. The average Bonchev–Trinajstić information content (AvgIpc) is 2.95. The molecule has 0 aliphatic heterocycles. The van der Waals surface area contributed by atoms with Gasteiger partial charge in [0.2, 0.25) is 0 Å². The molecule has 5 nitrogen and oxygen atoms in total. The van der Waals surface area contributed by atoms with Gasteiger partial charge in [0.1, 0.15) is 5.82 Å². The Morgan fingerprint density at radius 2 is 1.80 bits per heavy atom. The summed E-state index contributed by atoms with van der Waals surface area (Å²) in [6, 6.07) is 8.84. The van der Waals surface area contributed by atoms with E-state index in [9.17, 15) is 9.18 Å². The normalized spacial score (nSPS) is 10.7. The van der Waals surface area contributed by atoms with E-state index >= 15 is 0 Å². The molecule has 0 fully saturated rings. The molecule has 2 aromatic carbocycles. The van der Waals surface area contributed by atoms with Crippen LogP contribution in [0.3, 0.4) is 0 Å². The first-order chi connectivity index (χ1) is 11.9. The van der Waals surface area contributed by atoms with E-state index in [2.05, 4.69) is 10.4 Å². The lowest BCUT2D eigenvalue weighted by Gasteiger charge is -2.09. The topological polar surface area (TPSA) is 72.9 Å². The Balaban J connectivity index is 1.87. The van der Waals surface area contributed by atoms with Crippen LogP contribution in [-0.2, 0) is 0 Å². The van der Waals surface area contributed by atoms with Gasteiger partial charge in [-0.25, -0.2) is 9.07 Å². The highest BCUT2D eigenvalue weighted by Crippen LogP contribution is 2.31. The van der Waals surface area contributed by atoms with E-state index in [4.69, 9.17) is 28.9 Å². The van der Waals surface area contributed by atoms with E-state index in [1.807, 2.05) is 0 Å². The maximum Gasteiger partial charge on any atom is 0.259 e. The maximum absolute atomic E-state index is 13.0. The van der Waals surface area contributed by atoms with Crippen molar-refractivity contribution in [2.45, 2.75) is 6.92 Å². The van der Waals surface area contributed by atoms with Gasteiger partial charge in [-0.05, 0) is 43.3 Å². The zero-order valence-electron chi connectivity index (χ0n) is 13.1. The number of carbonyl (C=O) groups excluding carboxylic acids is 1. The number of amides is 1. The van der Waals surface area contributed by atoms with E-state index in [-0.39, 0.29) is 27.5 Å². The molecule has 0 atom stereocenters. The third-order valence-electron chi connectivity index (χ3n) is 3.66. The molecule has 1 heterocycles. The van der Waals surface area contributed by atoms with Crippen LogP contribution in [0.4, 0.5) is 15.8 Å². The molecule has 3 aromatic rings. The van der Waals surface area contributed by atoms with Crippen molar-refractivity contribution in [1.29, 1.82) is 0 Å². The van der Waals surface area contributed by atoms with Crippen molar-refractivity contribution in [2.75, 3.05) is 11.1 Å². The van der Waals surface area contributed by atoms with Crippen molar-refractivity contribution in [2.24, 2.45) is 0 Å². The monoisotopic (exact) mass is 378 g/mol. The third kappa shape index (κ3) is 3.45. The SMILES string of the molecule is Cc1c(C(=O)Nc2cc(Cl)c(N)c(Cl)c2)cnn1-c1ccc(F)cc1. The summed E-state index contributed by atoms with van der Waals surface area (Å²) < 4.78 is 14.6. The second-order valence-corrected chi connectivity index (χ2v) is 6.15. The molecule has 0 saturated carbocycles. The molecule has 0 unspecified atom stereocenters. The number of nitrogen functional groups attached to an aromatic ring is 1. The molecular formula is C17H13Cl2FN4O.